The van der Waals surface area contributed by atoms with Crippen molar-refractivity contribution in [2.24, 2.45) is 0 Å². The summed E-state index contributed by atoms with van der Waals surface area (Å²) in [5, 5.41) is 5.90. The quantitative estimate of drug-likeness (QED) is 0.815. The predicted molar refractivity (Wildman–Crippen MR) is 98.8 cm³/mol. The van der Waals surface area contributed by atoms with E-state index in [-0.39, 0.29) is 10.7 Å². The average Bonchev–Trinajstić information content (AvgIpc) is 3.08. The van der Waals surface area contributed by atoms with Crippen LogP contribution < -0.4 is 10.6 Å². The molecule has 9 heteroatoms. The molecule has 2 amide bonds. The third-order valence-corrected chi connectivity index (χ3v) is 5.44. The van der Waals surface area contributed by atoms with Gasteiger partial charge in [0.2, 0.25) is 0 Å². The lowest BCUT2D eigenvalue weighted by molar-refractivity contribution is -0.140. The first-order chi connectivity index (χ1) is 12.6. The summed E-state index contributed by atoms with van der Waals surface area (Å²) < 4.78 is 37.7. The molecule has 2 heterocycles. The van der Waals surface area contributed by atoms with Gasteiger partial charge < -0.3 is 5.32 Å². The molecular weight excluding hydrogens is 377 g/mol. The zero-order chi connectivity index (χ0) is 19.7. The van der Waals surface area contributed by atoms with Gasteiger partial charge in [0.25, 0.3) is 0 Å². The van der Waals surface area contributed by atoms with Gasteiger partial charge in [-0.25, -0.2) is 9.78 Å². The van der Waals surface area contributed by atoms with E-state index in [1.54, 1.807) is 0 Å². The molecule has 0 saturated heterocycles. The molecule has 27 heavy (non-hydrogen) atoms. The molecule has 2 aromatic rings. The summed E-state index contributed by atoms with van der Waals surface area (Å²) >= 11 is 0.745. The Morgan fingerprint density at radius 2 is 1.96 bits per heavy atom. The van der Waals surface area contributed by atoms with Crippen molar-refractivity contribution in [2.45, 2.75) is 38.5 Å². The lowest BCUT2D eigenvalue weighted by atomic mass is 9.94. The topological polar surface area (TPSA) is 57.3 Å². The maximum atomic E-state index is 12.6. The molecule has 1 aliphatic heterocycles. The molecule has 3 rings (SSSR count). The second kappa shape index (κ2) is 7.47. The molecule has 0 aliphatic carbocycles. The van der Waals surface area contributed by atoms with Crippen LogP contribution in [0.25, 0.3) is 0 Å². The summed E-state index contributed by atoms with van der Waals surface area (Å²) in [6.45, 7) is 6.11. The minimum Gasteiger partial charge on any atom is -0.336 e. The van der Waals surface area contributed by atoms with Crippen LogP contribution in [0.3, 0.4) is 0 Å². The van der Waals surface area contributed by atoms with E-state index in [0.29, 0.717) is 6.54 Å². The Labute approximate surface area is 159 Å². The number of halogens is 3. The monoisotopic (exact) mass is 398 g/mol. The number of rotatable bonds is 4. The van der Waals surface area contributed by atoms with Gasteiger partial charge in [-0.15, -0.1) is 11.3 Å². The summed E-state index contributed by atoms with van der Waals surface area (Å²) in [5.74, 6) is 0. The fourth-order valence-electron chi connectivity index (χ4n) is 3.02. The largest absolute Gasteiger partial charge is 0.434 e. The van der Waals surface area contributed by atoms with Crippen molar-refractivity contribution < 1.29 is 18.0 Å². The molecule has 0 radical (unpaired) electrons. The highest BCUT2D eigenvalue weighted by atomic mass is 32.1. The van der Waals surface area contributed by atoms with E-state index < -0.39 is 17.9 Å². The first kappa shape index (κ1) is 19.6. The van der Waals surface area contributed by atoms with Gasteiger partial charge in [-0.1, -0.05) is 24.3 Å². The number of amides is 2. The SMILES string of the molecule is CC(C)(CNC(=O)Nc1nc(C(F)(F)F)cs1)N1CCc2ccccc2C1. The van der Waals surface area contributed by atoms with Gasteiger partial charge in [0.05, 0.1) is 0 Å². The van der Waals surface area contributed by atoms with Crippen LogP contribution in [0.5, 0.6) is 0 Å². The molecule has 0 unspecified atom stereocenters. The van der Waals surface area contributed by atoms with Crippen LogP contribution >= 0.6 is 11.3 Å². The summed E-state index contributed by atoms with van der Waals surface area (Å²) in [6, 6.07) is 7.73. The van der Waals surface area contributed by atoms with Crippen LogP contribution in [0, 0.1) is 0 Å². The van der Waals surface area contributed by atoms with Crippen molar-refractivity contribution in [3.05, 3.63) is 46.5 Å². The fraction of sp³-hybridized carbons (Fsp3) is 0.444. The number of urea groups is 1. The van der Waals surface area contributed by atoms with Crippen LogP contribution in [0.2, 0.25) is 0 Å². The Balaban J connectivity index is 1.54. The molecular formula is C18H21F3N4OS. The molecule has 0 spiro atoms. The lowest BCUT2D eigenvalue weighted by Gasteiger charge is -2.41. The summed E-state index contributed by atoms with van der Waals surface area (Å²) in [6.07, 6.45) is -3.56. The molecule has 0 fully saturated rings. The second-order valence-corrected chi connectivity index (χ2v) is 7.95. The van der Waals surface area contributed by atoms with Crippen molar-refractivity contribution in [1.82, 2.24) is 15.2 Å². The molecule has 146 valence electrons. The number of nitrogens with one attached hydrogen (secondary N) is 2. The summed E-state index contributed by atoms with van der Waals surface area (Å²) in [4.78, 5) is 17.7. The van der Waals surface area contributed by atoms with Crippen molar-refractivity contribution in [3.63, 3.8) is 0 Å². The van der Waals surface area contributed by atoms with Crippen molar-refractivity contribution in [2.75, 3.05) is 18.4 Å². The third kappa shape index (κ3) is 4.78. The third-order valence-electron chi connectivity index (χ3n) is 4.68. The number of carbonyl (C=O) groups excluding carboxylic acids is 1. The lowest BCUT2D eigenvalue weighted by Crippen LogP contribution is -2.53. The summed E-state index contributed by atoms with van der Waals surface area (Å²) in [7, 11) is 0. The Bertz CT molecular complexity index is 819. The van der Waals surface area contributed by atoms with Crippen molar-refractivity contribution in [3.8, 4) is 0 Å². The number of hydrogen-bond donors (Lipinski definition) is 2. The molecule has 1 aliphatic rings. The van der Waals surface area contributed by atoms with Gasteiger partial charge in [0, 0.05) is 30.6 Å². The van der Waals surface area contributed by atoms with Crippen LogP contribution in [-0.4, -0.2) is 34.5 Å². The second-order valence-electron chi connectivity index (χ2n) is 7.10. The molecule has 5 nitrogen and oxygen atoms in total. The number of carbonyl (C=O) groups is 1. The van der Waals surface area contributed by atoms with Crippen LogP contribution in [0.15, 0.2) is 29.6 Å². The van der Waals surface area contributed by atoms with Gasteiger partial charge >= 0.3 is 12.2 Å². The van der Waals surface area contributed by atoms with Gasteiger partial charge in [0.1, 0.15) is 0 Å². The Hall–Kier alpha value is -2.13. The van der Waals surface area contributed by atoms with Crippen molar-refractivity contribution >= 4 is 22.5 Å². The molecule has 1 aromatic heterocycles. The number of fused-ring (bicyclic) bond motifs is 1. The maximum absolute atomic E-state index is 12.6. The van der Waals surface area contributed by atoms with E-state index in [1.807, 2.05) is 26.0 Å². The van der Waals surface area contributed by atoms with E-state index in [0.717, 1.165) is 36.2 Å². The number of anilines is 1. The number of alkyl halides is 3. The number of hydrogen-bond acceptors (Lipinski definition) is 4. The first-order valence-electron chi connectivity index (χ1n) is 8.54. The minimum absolute atomic E-state index is 0.0791. The van der Waals surface area contributed by atoms with Crippen LogP contribution in [0.1, 0.15) is 30.7 Å². The van der Waals surface area contributed by atoms with Crippen molar-refractivity contribution in [1.29, 1.82) is 0 Å². The van der Waals surface area contributed by atoms with E-state index in [4.69, 9.17) is 0 Å². The molecule has 1 aromatic carbocycles. The van der Waals surface area contributed by atoms with E-state index in [9.17, 15) is 18.0 Å². The van der Waals surface area contributed by atoms with Crippen LogP contribution in [-0.2, 0) is 19.1 Å². The average molecular weight is 398 g/mol. The molecule has 2 N–H and O–H groups in total. The molecule has 0 saturated carbocycles. The highest BCUT2D eigenvalue weighted by molar-refractivity contribution is 7.13. The number of nitrogens with zero attached hydrogens (tertiary/aromatic N) is 2. The highest BCUT2D eigenvalue weighted by Crippen LogP contribution is 2.31. The number of benzene rings is 1. The normalized spacial score (nSPS) is 15.3. The number of aromatic nitrogens is 1. The fourth-order valence-corrected chi connectivity index (χ4v) is 3.74. The highest BCUT2D eigenvalue weighted by Gasteiger charge is 2.34. The zero-order valence-electron chi connectivity index (χ0n) is 15.1. The molecule has 0 atom stereocenters. The van der Waals surface area contributed by atoms with Gasteiger partial charge in [-0.2, -0.15) is 13.2 Å². The zero-order valence-corrected chi connectivity index (χ0v) is 15.9. The Morgan fingerprint density at radius 1 is 1.26 bits per heavy atom. The minimum atomic E-state index is -4.51. The van der Waals surface area contributed by atoms with E-state index in [2.05, 4.69) is 32.7 Å². The predicted octanol–water partition coefficient (Wildman–Crippen LogP) is 4.12. The van der Waals surface area contributed by atoms with Gasteiger partial charge in [-0.3, -0.25) is 10.2 Å². The van der Waals surface area contributed by atoms with Crippen LogP contribution in [0.4, 0.5) is 23.1 Å². The first-order valence-corrected chi connectivity index (χ1v) is 9.42. The Kier molecular flexibility index (Phi) is 5.43. The summed E-state index contributed by atoms with van der Waals surface area (Å²) in [5.41, 5.74) is 1.32. The Morgan fingerprint density at radius 3 is 2.63 bits per heavy atom. The van der Waals surface area contributed by atoms with Gasteiger partial charge in [0.15, 0.2) is 10.8 Å². The number of thiazole rings is 1. The van der Waals surface area contributed by atoms with E-state index in [1.165, 1.54) is 11.1 Å². The maximum Gasteiger partial charge on any atom is 0.434 e. The standard InChI is InChI=1S/C18H21F3N4OS/c1-17(2,25-8-7-12-5-3-4-6-13(12)9-25)11-22-15(26)24-16-23-14(10-27-16)18(19,20)21/h3-6,10H,7-9,11H2,1-2H3,(H2,22,23,24,26). The molecule has 0 bridgehead atoms. The van der Waals surface area contributed by atoms with Gasteiger partial charge in [-0.05, 0) is 31.4 Å². The smallest absolute Gasteiger partial charge is 0.336 e. The van der Waals surface area contributed by atoms with E-state index >= 15 is 0 Å².